The average Bonchev–Trinajstić information content (AvgIpc) is 3.16. The summed E-state index contributed by atoms with van der Waals surface area (Å²) in [5, 5.41) is 15.9. The predicted molar refractivity (Wildman–Crippen MR) is 79.1 cm³/mol. The van der Waals surface area contributed by atoms with Crippen LogP contribution < -0.4 is 4.90 Å². The molecule has 0 amide bonds. The highest BCUT2D eigenvalue weighted by molar-refractivity contribution is 5.46. The molecule has 6 heteroatoms. The fourth-order valence-corrected chi connectivity index (χ4v) is 3.03. The summed E-state index contributed by atoms with van der Waals surface area (Å²) in [6, 6.07) is 15.1. The van der Waals surface area contributed by atoms with E-state index in [4.69, 9.17) is 0 Å². The minimum absolute atomic E-state index is 0.494. The van der Waals surface area contributed by atoms with Crippen LogP contribution in [-0.2, 0) is 6.42 Å². The summed E-state index contributed by atoms with van der Waals surface area (Å²) < 4.78 is 1.49. The summed E-state index contributed by atoms with van der Waals surface area (Å²) in [4.78, 5) is 2.37. The van der Waals surface area contributed by atoms with Gasteiger partial charge in [0, 0.05) is 12.6 Å². The highest BCUT2D eigenvalue weighted by Gasteiger charge is 2.26. The number of benzene rings is 1. The van der Waals surface area contributed by atoms with Crippen LogP contribution in [0.4, 0.5) is 5.82 Å². The smallest absolute Gasteiger partial charge is 0.200 e. The summed E-state index contributed by atoms with van der Waals surface area (Å²) in [5.41, 5.74) is 2.05. The molecule has 1 aliphatic rings. The minimum atomic E-state index is 0.494. The second-order valence-electron chi connectivity index (χ2n) is 5.40. The van der Waals surface area contributed by atoms with Gasteiger partial charge in [-0.15, -0.1) is 14.8 Å². The molecule has 1 saturated heterocycles. The van der Waals surface area contributed by atoms with Gasteiger partial charge >= 0.3 is 0 Å². The molecule has 0 saturated carbocycles. The Morgan fingerprint density at radius 3 is 2.90 bits per heavy atom. The molecule has 106 valence electrons. The zero-order valence-electron chi connectivity index (χ0n) is 11.6. The number of nitrogens with zero attached hydrogens (tertiary/aromatic N) is 6. The molecule has 21 heavy (non-hydrogen) atoms. The van der Waals surface area contributed by atoms with Gasteiger partial charge in [0.2, 0.25) is 0 Å². The van der Waals surface area contributed by atoms with Gasteiger partial charge in [0.15, 0.2) is 11.5 Å². The van der Waals surface area contributed by atoms with E-state index in [1.165, 1.54) is 23.0 Å². The maximum atomic E-state index is 4.52. The molecule has 3 aromatic rings. The molecule has 0 aliphatic carbocycles. The Bertz CT molecular complexity index is 738. The number of aromatic nitrogens is 5. The first kappa shape index (κ1) is 12.3. The zero-order chi connectivity index (χ0) is 14.1. The van der Waals surface area contributed by atoms with Gasteiger partial charge < -0.3 is 4.90 Å². The molecule has 0 bridgehead atoms. The lowest BCUT2D eigenvalue weighted by molar-refractivity contribution is 0.643. The minimum Gasteiger partial charge on any atom is -0.352 e. The number of fused-ring (bicyclic) bond motifs is 1. The highest BCUT2D eigenvalue weighted by Crippen LogP contribution is 2.26. The number of anilines is 1. The first-order valence-electron chi connectivity index (χ1n) is 7.26. The molecule has 1 fully saturated rings. The molecule has 1 aliphatic heterocycles. The van der Waals surface area contributed by atoms with Crippen LogP contribution in [0.1, 0.15) is 18.4 Å². The lowest BCUT2D eigenvalue weighted by Crippen LogP contribution is -2.32. The number of hydrogen-bond acceptors (Lipinski definition) is 5. The van der Waals surface area contributed by atoms with Crippen LogP contribution in [0.2, 0.25) is 0 Å². The molecule has 2 aromatic heterocycles. The van der Waals surface area contributed by atoms with Crippen LogP contribution in [0.5, 0.6) is 0 Å². The van der Waals surface area contributed by atoms with Crippen LogP contribution in [-0.4, -0.2) is 37.8 Å². The van der Waals surface area contributed by atoms with Crippen molar-refractivity contribution >= 4 is 11.5 Å². The Hall–Kier alpha value is -2.50. The fraction of sp³-hybridized carbons (Fsp3) is 0.333. The van der Waals surface area contributed by atoms with E-state index in [2.05, 4.69) is 55.9 Å². The van der Waals surface area contributed by atoms with Gasteiger partial charge in [-0.3, -0.25) is 0 Å². The van der Waals surface area contributed by atoms with E-state index in [0.717, 1.165) is 18.8 Å². The first-order valence-corrected chi connectivity index (χ1v) is 7.26. The van der Waals surface area contributed by atoms with E-state index in [1.54, 1.807) is 0 Å². The van der Waals surface area contributed by atoms with Crippen molar-refractivity contribution in [1.29, 1.82) is 0 Å². The Morgan fingerprint density at radius 2 is 2.00 bits per heavy atom. The average molecular weight is 280 g/mol. The molecule has 0 radical (unpaired) electrons. The maximum Gasteiger partial charge on any atom is 0.200 e. The lowest BCUT2D eigenvalue weighted by Gasteiger charge is -2.25. The van der Waals surface area contributed by atoms with E-state index in [-0.39, 0.29) is 0 Å². The van der Waals surface area contributed by atoms with Crippen LogP contribution in [0, 0.1) is 0 Å². The number of hydrogen-bond donors (Lipinski definition) is 0. The van der Waals surface area contributed by atoms with Crippen LogP contribution in [0.3, 0.4) is 0 Å². The molecule has 1 atom stereocenters. The molecule has 1 aromatic carbocycles. The summed E-state index contributed by atoms with van der Waals surface area (Å²) in [6.07, 6.45) is 3.45. The largest absolute Gasteiger partial charge is 0.352 e. The van der Waals surface area contributed by atoms with Crippen LogP contribution in [0.25, 0.3) is 5.65 Å². The summed E-state index contributed by atoms with van der Waals surface area (Å²) in [6.45, 7) is 1.04. The topological polar surface area (TPSA) is 59.2 Å². The van der Waals surface area contributed by atoms with Crippen molar-refractivity contribution < 1.29 is 0 Å². The van der Waals surface area contributed by atoms with E-state index in [9.17, 15) is 0 Å². The van der Waals surface area contributed by atoms with Gasteiger partial charge in [-0.1, -0.05) is 30.3 Å². The molecule has 0 unspecified atom stereocenters. The summed E-state index contributed by atoms with van der Waals surface area (Å²) in [5.74, 6) is 0.952. The molecule has 6 nitrogen and oxygen atoms in total. The maximum absolute atomic E-state index is 4.52. The van der Waals surface area contributed by atoms with Crippen molar-refractivity contribution in [2.45, 2.75) is 25.3 Å². The van der Waals surface area contributed by atoms with Gasteiger partial charge in [-0.25, -0.2) is 0 Å². The van der Waals surface area contributed by atoms with Crippen LogP contribution in [0.15, 0.2) is 42.5 Å². The van der Waals surface area contributed by atoms with E-state index in [1.807, 2.05) is 12.1 Å². The van der Waals surface area contributed by atoms with Crippen molar-refractivity contribution in [3.8, 4) is 0 Å². The van der Waals surface area contributed by atoms with Crippen molar-refractivity contribution in [1.82, 2.24) is 25.3 Å². The van der Waals surface area contributed by atoms with Gasteiger partial charge in [0.1, 0.15) is 0 Å². The molecular formula is C15H16N6. The van der Waals surface area contributed by atoms with Crippen molar-refractivity contribution in [2.75, 3.05) is 11.4 Å². The number of tetrazole rings is 1. The van der Waals surface area contributed by atoms with Crippen molar-refractivity contribution in [3.63, 3.8) is 0 Å². The number of rotatable bonds is 3. The summed E-state index contributed by atoms with van der Waals surface area (Å²) in [7, 11) is 0. The second kappa shape index (κ2) is 5.12. The fourth-order valence-electron chi connectivity index (χ4n) is 3.03. The lowest BCUT2D eigenvalue weighted by atomic mass is 10.0. The first-order chi connectivity index (χ1) is 10.4. The van der Waals surface area contributed by atoms with Gasteiger partial charge in [-0.2, -0.15) is 0 Å². The summed E-state index contributed by atoms with van der Waals surface area (Å²) >= 11 is 0. The quantitative estimate of drug-likeness (QED) is 0.731. The third-order valence-electron chi connectivity index (χ3n) is 4.04. The second-order valence-corrected chi connectivity index (χ2v) is 5.40. The van der Waals surface area contributed by atoms with Gasteiger partial charge in [0.25, 0.3) is 0 Å². The molecule has 3 heterocycles. The SMILES string of the molecule is c1ccc(C[C@@H]2CCCN2c2ccc3nnnn3n2)cc1. The molecule has 4 rings (SSSR count). The third-order valence-corrected chi connectivity index (χ3v) is 4.04. The van der Waals surface area contributed by atoms with Gasteiger partial charge in [-0.05, 0) is 47.4 Å². The van der Waals surface area contributed by atoms with E-state index < -0.39 is 0 Å². The molecular weight excluding hydrogens is 264 g/mol. The normalized spacial score (nSPS) is 18.5. The Balaban J connectivity index is 1.60. The predicted octanol–water partition coefficient (Wildman–Crippen LogP) is 1.73. The monoisotopic (exact) mass is 280 g/mol. The van der Waals surface area contributed by atoms with E-state index in [0.29, 0.717) is 11.7 Å². The van der Waals surface area contributed by atoms with Crippen LogP contribution >= 0.6 is 0 Å². The zero-order valence-corrected chi connectivity index (χ0v) is 11.6. The Kier molecular flexibility index (Phi) is 2.99. The van der Waals surface area contributed by atoms with E-state index >= 15 is 0 Å². The standard InChI is InChI=1S/C15H16N6/c1-2-5-12(6-3-1)11-13-7-4-10-20(13)15-9-8-14-16-18-19-21(14)17-15/h1-3,5-6,8-9,13H,4,7,10-11H2/t13-/m0/s1. The van der Waals surface area contributed by atoms with Gasteiger partial charge in [0.05, 0.1) is 0 Å². The van der Waals surface area contributed by atoms with Crippen molar-refractivity contribution in [2.24, 2.45) is 0 Å². The third kappa shape index (κ3) is 2.33. The molecule has 0 N–H and O–H groups in total. The Labute approximate surface area is 122 Å². The van der Waals surface area contributed by atoms with Crippen molar-refractivity contribution in [3.05, 3.63) is 48.0 Å². The highest BCUT2D eigenvalue weighted by atomic mass is 15.6. The Morgan fingerprint density at radius 1 is 1.10 bits per heavy atom. The molecule has 0 spiro atoms.